The Kier molecular flexibility index (Phi) is 4.84. The van der Waals surface area contributed by atoms with Crippen LogP contribution in [0.4, 0.5) is 5.69 Å². The number of amides is 1. The Morgan fingerprint density at radius 1 is 1.08 bits per heavy atom. The molecular weight excluding hydrogens is 330 g/mol. The van der Waals surface area contributed by atoms with Crippen molar-refractivity contribution >= 4 is 17.4 Å². The number of nitrogens with zero attached hydrogens (tertiary/aromatic N) is 2. The van der Waals surface area contributed by atoms with Gasteiger partial charge in [-0.25, -0.2) is 0 Å². The Bertz CT molecular complexity index is 959. The van der Waals surface area contributed by atoms with Gasteiger partial charge in [0.15, 0.2) is 5.78 Å². The van der Waals surface area contributed by atoms with E-state index in [9.17, 15) is 9.59 Å². The van der Waals surface area contributed by atoms with Crippen molar-refractivity contribution in [3.05, 3.63) is 65.9 Å². The second-order valence-electron chi connectivity index (χ2n) is 5.86. The van der Waals surface area contributed by atoms with Crippen molar-refractivity contribution in [3.8, 4) is 17.0 Å². The van der Waals surface area contributed by atoms with E-state index in [1.54, 1.807) is 44.5 Å². The summed E-state index contributed by atoms with van der Waals surface area (Å²) in [6, 6.07) is 16.0. The van der Waals surface area contributed by atoms with Gasteiger partial charge in [0.1, 0.15) is 11.4 Å². The largest absolute Gasteiger partial charge is 0.497 e. The van der Waals surface area contributed by atoms with Crippen LogP contribution in [-0.4, -0.2) is 28.6 Å². The zero-order valence-electron chi connectivity index (χ0n) is 14.8. The number of hydrogen-bond acceptors (Lipinski definition) is 4. The van der Waals surface area contributed by atoms with Crippen LogP contribution in [0.1, 0.15) is 27.8 Å². The van der Waals surface area contributed by atoms with Gasteiger partial charge in [0.2, 0.25) is 0 Å². The number of ether oxygens (including phenoxy) is 1. The highest BCUT2D eigenvalue weighted by Gasteiger charge is 2.15. The minimum Gasteiger partial charge on any atom is -0.497 e. The summed E-state index contributed by atoms with van der Waals surface area (Å²) in [5.41, 5.74) is 3.19. The Morgan fingerprint density at radius 2 is 1.81 bits per heavy atom. The number of methoxy groups -OCH3 is 1. The van der Waals surface area contributed by atoms with Crippen molar-refractivity contribution in [1.82, 2.24) is 9.78 Å². The molecule has 1 heterocycles. The van der Waals surface area contributed by atoms with Crippen LogP contribution < -0.4 is 10.1 Å². The number of rotatable bonds is 5. The number of ketones is 1. The van der Waals surface area contributed by atoms with Crippen LogP contribution >= 0.6 is 0 Å². The highest BCUT2D eigenvalue weighted by atomic mass is 16.5. The van der Waals surface area contributed by atoms with E-state index in [1.807, 2.05) is 24.3 Å². The van der Waals surface area contributed by atoms with Gasteiger partial charge < -0.3 is 10.1 Å². The van der Waals surface area contributed by atoms with Crippen molar-refractivity contribution in [1.29, 1.82) is 0 Å². The first-order valence-corrected chi connectivity index (χ1v) is 8.09. The highest BCUT2D eigenvalue weighted by molar-refractivity contribution is 6.04. The Morgan fingerprint density at radius 3 is 2.46 bits per heavy atom. The van der Waals surface area contributed by atoms with Crippen molar-refractivity contribution in [2.45, 2.75) is 6.92 Å². The lowest BCUT2D eigenvalue weighted by Gasteiger charge is -2.05. The normalized spacial score (nSPS) is 10.4. The van der Waals surface area contributed by atoms with E-state index in [4.69, 9.17) is 4.74 Å². The smallest absolute Gasteiger partial charge is 0.273 e. The summed E-state index contributed by atoms with van der Waals surface area (Å²) in [5.74, 6) is 0.437. The number of hydrogen-bond donors (Lipinski definition) is 1. The van der Waals surface area contributed by atoms with Gasteiger partial charge in [0.25, 0.3) is 5.91 Å². The molecule has 26 heavy (non-hydrogen) atoms. The van der Waals surface area contributed by atoms with Crippen LogP contribution in [0.2, 0.25) is 0 Å². The molecule has 0 aliphatic rings. The molecule has 0 saturated heterocycles. The second-order valence-corrected chi connectivity index (χ2v) is 5.86. The Labute approximate surface area is 151 Å². The molecule has 2 aromatic carbocycles. The number of benzene rings is 2. The number of aromatic nitrogens is 2. The van der Waals surface area contributed by atoms with Gasteiger partial charge in [-0.3, -0.25) is 14.3 Å². The van der Waals surface area contributed by atoms with E-state index in [0.29, 0.717) is 22.6 Å². The van der Waals surface area contributed by atoms with E-state index >= 15 is 0 Å². The predicted molar refractivity (Wildman–Crippen MR) is 99.6 cm³/mol. The van der Waals surface area contributed by atoms with Gasteiger partial charge in [-0.05, 0) is 49.4 Å². The first-order valence-electron chi connectivity index (χ1n) is 8.09. The van der Waals surface area contributed by atoms with E-state index in [1.165, 1.54) is 11.6 Å². The third kappa shape index (κ3) is 3.64. The molecule has 0 aliphatic heterocycles. The molecule has 1 aromatic heterocycles. The number of nitrogens with one attached hydrogen (secondary N) is 1. The molecule has 0 radical (unpaired) electrons. The van der Waals surface area contributed by atoms with Crippen molar-refractivity contribution < 1.29 is 14.3 Å². The monoisotopic (exact) mass is 349 g/mol. The van der Waals surface area contributed by atoms with E-state index in [2.05, 4.69) is 10.4 Å². The molecule has 0 fully saturated rings. The van der Waals surface area contributed by atoms with Gasteiger partial charge in [-0.1, -0.05) is 12.1 Å². The SMILES string of the molecule is COc1cccc(-c2cc(C(=O)Nc3ccc(C(C)=O)cc3)n(C)n2)c1. The first kappa shape index (κ1) is 17.4. The third-order valence-corrected chi connectivity index (χ3v) is 4.03. The van der Waals surface area contributed by atoms with E-state index in [-0.39, 0.29) is 11.7 Å². The van der Waals surface area contributed by atoms with Gasteiger partial charge >= 0.3 is 0 Å². The summed E-state index contributed by atoms with van der Waals surface area (Å²) >= 11 is 0. The van der Waals surface area contributed by atoms with Gasteiger partial charge in [0, 0.05) is 23.9 Å². The first-order chi connectivity index (χ1) is 12.5. The molecule has 0 atom stereocenters. The summed E-state index contributed by atoms with van der Waals surface area (Å²) in [6.45, 7) is 1.50. The number of anilines is 1. The topological polar surface area (TPSA) is 73.2 Å². The molecule has 3 rings (SSSR count). The van der Waals surface area contributed by atoms with Crippen LogP contribution in [0, 0.1) is 0 Å². The lowest BCUT2D eigenvalue weighted by atomic mass is 10.1. The number of carbonyl (C=O) groups is 2. The van der Waals surface area contributed by atoms with Crippen LogP contribution in [0.15, 0.2) is 54.6 Å². The van der Waals surface area contributed by atoms with E-state index in [0.717, 1.165) is 11.3 Å². The minimum atomic E-state index is -0.273. The minimum absolute atomic E-state index is 0.0163. The van der Waals surface area contributed by atoms with Crippen LogP contribution in [0.5, 0.6) is 5.75 Å². The quantitative estimate of drug-likeness (QED) is 0.715. The maximum absolute atomic E-state index is 12.6. The maximum Gasteiger partial charge on any atom is 0.273 e. The van der Waals surface area contributed by atoms with Crippen LogP contribution in [0.25, 0.3) is 11.3 Å². The average molecular weight is 349 g/mol. The molecule has 6 nitrogen and oxygen atoms in total. The molecule has 0 unspecified atom stereocenters. The van der Waals surface area contributed by atoms with Gasteiger partial charge in [0.05, 0.1) is 12.8 Å². The lowest BCUT2D eigenvalue weighted by Crippen LogP contribution is -2.16. The Hall–Kier alpha value is -3.41. The van der Waals surface area contributed by atoms with Crippen molar-refractivity contribution in [2.24, 2.45) is 7.05 Å². The Balaban J connectivity index is 1.81. The fraction of sp³-hybridized carbons (Fsp3) is 0.150. The molecule has 0 aliphatic carbocycles. The second kappa shape index (κ2) is 7.23. The molecular formula is C20H19N3O3. The molecule has 0 bridgehead atoms. The zero-order chi connectivity index (χ0) is 18.7. The van der Waals surface area contributed by atoms with E-state index < -0.39 is 0 Å². The number of carbonyl (C=O) groups excluding carboxylic acids is 2. The summed E-state index contributed by atoms with van der Waals surface area (Å²) in [4.78, 5) is 23.9. The summed E-state index contributed by atoms with van der Waals surface area (Å²) < 4.78 is 6.76. The van der Waals surface area contributed by atoms with Gasteiger partial charge in [-0.2, -0.15) is 5.10 Å². The zero-order valence-corrected chi connectivity index (χ0v) is 14.8. The van der Waals surface area contributed by atoms with Crippen molar-refractivity contribution in [2.75, 3.05) is 12.4 Å². The molecule has 132 valence electrons. The van der Waals surface area contributed by atoms with Crippen molar-refractivity contribution in [3.63, 3.8) is 0 Å². The number of Topliss-reactive ketones (excluding diaryl/α,β-unsaturated/α-hetero) is 1. The summed E-state index contributed by atoms with van der Waals surface area (Å²) in [5, 5.41) is 7.23. The molecule has 1 N–H and O–H groups in total. The third-order valence-electron chi connectivity index (χ3n) is 4.03. The molecule has 0 spiro atoms. The molecule has 3 aromatic rings. The average Bonchev–Trinajstić information content (AvgIpc) is 3.04. The van der Waals surface area contributed by atoms with Gasteiger partial charge in [-0.15, -0.1) is 0 Å². The highest BCUT2D eigenvalue weighted by Crippen LogP contribution is 2.23. The molecule has 0 saturated carbocycles. The standard InChI is InChI=1S/C20H19N3O3/c1-13(24)14-7-9-16(10-8-14)21-20(25)19-12-18(22-23(19)2)15-5-4-6-17(11-15)26-3/h4-12H,1-3H3,(H,21,25). The number of aryl methyl sites for hydroxylation is 1. The molecule has 6 heteroatoms. The maximum atomic E-state index is 12.6. The molecule has 1 amide bonds. The summed E-state index contributed by atoms with van der Waals surface area (Å²) in [7, 11) is 3.32. The fourth-order valence-electron chi connectivity index (χ4n) is 2.59. The fourth-order valence-corrected chi connectivity index (χ4v) is 2.59. The van der Waals surface area contributed by atoms with Crippen LogP contribution in [0.3, 0.4) is 0 Å². The lowest BCUT2D eigenvalue weighted by molar-refractivity contribution is 0.101. The van der Waals surface area contributed by atoms with Crippen LogP contribution in [-0.2, 0) is 7.05 Å². The predicted octanol–water partition coefficient (Wildman–Crippen LogP) is 3.55. The summed E-state index contributed by atoms with van der Waals surface area (Å²) in [6.07, 6.45) is 0.